The van der Waals surface area contributed by atoms with Gasteiger partial charge in [0.2, 0.25) is 0 Å². The molecule has 0 aromatic carbocycles. The maximum atomic E-state index is 5.98. The predicted octanol–water partition coefficient (Wildman–Crippen LogP) is 5.05. The highest BCUT2D eigenvalue weighted by atomic mass is 32.2. The van der Waals surface area contributed by atoms with E-state index in [1.165, 1.54) is 19.3 Å². The lowest BCUT2D eigenvalue weighted by molar-refractivity contribution is 0.138. The Balaban J connectivity index is 4.90. The molecule has 5 unspecified atom stereocenters. The predicted molar refractivity (Wildman–Crippen MR) is 91.7 cm³/mol. The monoisotopic (exact) mass is 287 g/mol. The van der Waals surface area contributed by atoms with Crippen molar-refractivity contribution in [2.75, 3.05) is 12.8 Å². The van der Waals surface area contributed by atoms with Crippen molar-refractivity contribution in [2.45, 2.75) is 66.1 Å². The second-order valence-corrected chi connectivity index (χ2v) is 7.75. The molecule has 0 aliphatic rings. The number of thioether (sulfide) groups is 1. The van der Waals surface area contributed by atoms with E-state index in [9.17, 15) is 0 Å². The fraction of sp³-hybridized carbons (Fsp3) is 1.00. The summed E-state index contributed by atoms with van der Waals surface area (Å²) in [5.74, 6) is 3.64. The molecule has 0 spiro atoms. The van der Waals surface area contributed by atoms with Crippen LogP contribution in [0.4, 0.5) is 0 Å². The molecule has 0 fully saturated rings. The van der Waals surface area contributed by atoms with Crippen molar-refractivity contribution in [3.8, 4) is 0 Å². The van der Waals surface area contributed by atoms with Crippen LogP contribution in [0.25, 0.3) is 0 Å². The zero-order valence-electron chi connectivity index (χ0n) is 14.3. The topological polar surface area (TPSA) is 26.0 Å². The molecule has 2 N–H and O–H groups in total. The number of hydrogen-bond acceptors (Lipinski definition) is 2. The van der Waals surface area contributed by atoms with E-state index >= 15 is 0 Å². The minimum atomic E-state index is 0.628. The Morgan fingerprint density at radius 2 is 1.58 bits per heavy atom. The minimum absolute atomic E-state index is 0.628. The molecule has 0 aliphatic carbocycles. The van der Waals surface area contributed by atoms with Gasteiger partial charge >= 0.3 is 0 Å². The summed E-state index contributed by atoms with van der Waals surface area (Å²) < 4.78 is 0. The summed E-state index contributed by atoms with van der Waals surface area (Å²) in [6, 6.07) is 0. The summed E-state index contributed by atoms with van der Waals surface area (Å²) in [6.45, 7) is 15.1. The summed E-state index contributed by atoms with van der Waals surface area (Å²) in [6.07, 6.45) is 6.30. The van der Waals surface area contributed by atoms with Crippen LogP contribution in [0.3, 0.4) is 0 Å². The highest BCUT2D eigenvalue weighted by Crippen LogP contribution is 2.39. The van der Waals surface area contributed by atoms with Crippen LogP contribution < -0.4 is 5.73 Å². The van der Waals surface area contributed by atoms with Gasteiger partial charge in [0.1, 0.15) is 0 Å². The van der Waals surface area contributed by atoms with E-state index in [-0.39, 0.29) is 0 Å². The average molecular weight is 288 g/mol. The van der Waals surface area contributed by atoms with E-state index in [1.807, 2.05) is 0 Å². The molecule has 0 saturated carbocycles. The average Bonchev–Trinajstić information content (AvgIpc) is 2.39. The molecule has 19 heavy (non-hydrogen) atoms. The van der Waals surface area contributed by atoms with Crippen molar-refractivity contribution < 1.29 is 0 Å². The Morgan fingerprint density at radius 1 is 1.00 bits per heavy atom. The normalized spacial score (nSPS) is 20.1. The molecule has 2 heteroatoms. The molecule has 0 amide bonds. The van der Waals surface area contributed by atoms with Crippen molar-refractivity contribution in [1.29, 1.82) is 0 Å². The fourth-order valence-electron chi connectivity index (χ4n) is 3.37. The lowest BCUT2D eigenvalue weighted by Gasteiger charge is -2.39. The van der Waals surface area contributed by atoms with Gasteiger partial charge < -0.3 is 5.73 Å². The van der Waals surface area contributed by atoms with E-state index < -0.39 is 0 Å². The van der Waals surface area contributed by atoms with E-state index in [4.69, 9.17) is 5.73 Å². The summed E-state index contributed by atoms with van der Waals surface area (Å²) in [5.41, 5.74) is 5.98. The second kappa shape index (κ2) is 10.1. The third-order valence-corrected chi connectivity index (χ3v) is 6.30. The Labute approximate surface area is 126 Å². The fourth-order valence-corrected chi connectivity index (χ4v) is 4.38. The summed E-state index contributed by atoms with van der Waals surface area (Å²) >= 11 is 2.06. The molecule has 0 aromatic heterocycles. The van der Waals surface area contributed by atoms with Crippen molar-refractivity contribution >= 4 is 11.8 Å². The standard InChI is InChI=1S/C17H37NS/c1-8-9-10-16(19-7)15(6)17(13(4)11-18)14(5)12(2)3/h12-17H,8-11,18H2,1-7H3. The van der Waals surface area contributed by atoms with Crippen molar-refractivity contribution in [2.24, 2.45) is 35.3 Å². The van der Waals surface area contributed by atoms with Crippen LogP contribution in [0.2, 0.25) is 0 Å². The first kappa shape index (κ1) is 19.3. The quantitative estimate of drug-likeness (QED) is 0.608. The maximum Gasteiger partial charge on any atom is 0.00727 e. The molecule has 0 saturated heterocycles. The third kappa shape index (κ3) is 6.08. The maximum absolute atomic E-state index is 5.98. The number of nitrogens with two attached hydrogens (primary N) is 1. The minimum Gasteiger partial charge on any atom is -0.330 e. The largest absolute Gasteiger partial charge is 0.330 e. The van der Waals surface area contributed by atoms with E-state index in [0.29, 0.717) is 5.92 Å². The molecule has 116 valence electrons. The molecule has 5 atom stereocenters. The third-order valence-electron chi connectivity index (χ3n) is 5.03. The summed E-state index contributed by atoms with van der Waals surface area (Å²) in [7, 11) is 0. The summed E-state index contributed by atoms with van der Waals surface area (Å²) in [5, 5.41) is 0.792. The van der Waals surface area contributed by atoms with E-state index in [2.05, 4.69) is 59.6 Å². The van der Waals surface area contributed by atoms with Crippen LogP contribution >= 0.6 is 11.8 Å². The van der Waals surface area contributed by atoms with Crippen LogP contribution in [0.5, 0.6) is 0 Å². The van der Waals surface area contributed by atoms with Crippen LogP contribution in [-0.4, -0.2) is 18.1 Å². The van der Waals surface area contributed by atoms with Crippen LogP contribution in [0.15, 0.2) is 0 Å². The second-order valence-electron chi connectivity index (χ2n) is 6.67. The van der Waals surface area contributed by atoms with Gasteiger partial charge in [-0.1, -0.05) is 54.4 Å². The Hall–Kier alpha value is 0.310. The lowest BCUT2D eigenvalue weighted by atomic mass is 9.70. The molecule has 0 bridgehead atoms. The van der Waals surface area contributed by atoms with E-state index in [0.717, 1.165) is 35.5 Å². The Bertz CT molecular complexity index is 217. The summed E-state index contributed by atoms with van der Waals surface area (Å²) in [4.78, 5) is 0. The molecule has 0 aliphatic heterocycles. The van der Waals surface area contributed by atoms with Crippen molar-refractivity contribution in [1.82, 2.24) is 0 Å². The van der Waals surface area contributed by atoms with Crippen molar-refractivity contribution in [3.63, 3.8) is 0 Å². The highest BCUT2D eigenvalue weighted by Gasteiger charge is 2.33. The van der Waals surface area contributed by atoms with Gasteiger partial charge in [0, 0.05) is 5.25 Å². The van der Waals surface area contributed by atoms with Crippen LogP contribution in [0.1, 0.15) is 60.8 Å². The molecule has 0 rings (SSSR count). The Kier molecular flexibility index (Phi) is 10.3. The number of unbranched alkanes of at least 4 members (excludes halogenated alkanes) is 1. The van der Waals surface area contributed by atoms with Gasteiger partial charge in [0.25, 0.3) is 0 Å². The van der Waals surface area contributed by atoms with Gasteiger partial charge in [-0.05, 0) is 48.8 Å². The van der Waals surface area contributed by atoms with Gasteiger partial charge in [-0.15, -0.1) is 0 Å². The molecular formula is C17H37NS. The van der Waals surface area contributed by atoms with Crippen LogP contribution in [-0.2, 0) is 0 Å². The van der Waals surface area contributed by atoms with Crippen molar-refractivity contribution in [3.05, 3.63) is 0 Å². The zero-order chi connectivity index (χ0) is 15.0. The molecule has 0 radical (unpaired) electrons. The van der Waals surface area contributed by atoms with Gasteiger partial charge in [0.15, 0.2) is 0 Å². The van der Waals surface area contributed by atoms with Gasteiger partial charge in [0.05, 0.1) is 0 Å². The SMILES string of the molecule is CCCCC(SC)C(C)C(C(C)CN)C(C)C(C)C. The molecule has 1 nitrogen and oxygen atoms in total. The first-order valence-corrected chi connectivity index (χ1v) is 9.42. The first-order valence-electron chi connectivity index (χ1n) is 8.13. The van der Waals surface area contributed by atoms with Gasteiger partial charge in [-0.3, -0.25) is 0 Å². The molecule has 0 aromatic rings. The molecule has 0 heterocycles. The smallest absolute Gasteiger partial charge is 0.00727 e. The van der Waals surface area contributed by atoms with Gasteiger partial charge in [-0.2, -0.15) is 11.8 Å². The number of hydrogen-bond donors (Lipinski definition) is 1. The van der Waals surface area contributed by atoms with Crippen LogP contribution in [0, 0.1) is 29.6 Å². The van der Waals surface area contributed by atoms with Gasteiger partial charge in [-0.25, -0.2) is 0 Å². The Morgan fingerprint density at radius 3 is 1.95 bits per heavy atom. The highest BCUT2D eigenvalue weighted by molar-refractivity contribution is 7.99. The van der Waals surface area contributed by atoms with E-state index in [1.54, 1.807) is 0 Å². The molecular weight excluding hydrogens is 250 g/mol. The zero-order valence-corrected chi connectivity index (χ0v) is 15.1. The first-order chi connectivity index (χ1) is 8.90. The number of rotatable bonds is 10. The lowest BCUT2D eigenvalue weighted by Crippen LogP contribution is -2.37.